The van der Waals surface area contributed by atoms with Gasteiger partial charge in [-0.15, -0.1) is 10.2 Å². The summed E-state index contributed by atoms with van der Waals surface area (Å²) in [6.07, 6.45) is 1.59. The summed E-state index contributed by atoms with van der Waals surface area (Å²) in [6, 6.07) is 13.6. The number of aromatic nitrogens is 4. The van der Waals surface area contributed by atoms with Crippen molar-refractivity contribution >= 4 is 0 Å². The van der Waals surface area contributed by atoms with Crippen molar-refractivity contribution in [3.8, 4) is 11.6 Å². The molecule has 0 amide bonds. The molecule has 84 valence electrons. The number of benzene rings is 1. The second kappa shape index (κ2) is 4.21. The van der Waals surface area contributed by atoms with Crippen LogP contribution >= 0.6 is 0 Å². The molecule has 5 heteroatoms. The number of rotatable bonds is 3. The standard InChI is InChI=1S/C12H10N4O/c1-2-5-10(6-3-1)9-16-14-12(13-15-16)11-7-4-8-17-11/h1-8H,9H2. The molecule has 0 fully saturated rings. The van der Waals surface area contributed by atoms with Crippen molar-refractivity contribution in [2.75, 3.05) is 0 Å². The van der Waals surface area contributed by atoms with Gasteiger partial charge in [-0.05, 0) is 22.9 Å². The summed E-state index contributed by atoms with van der Waals surface area (Å²) >= 11 is 0. The minimum atomic E-state index is 0.505. The molecule has 0 N–H and O–H groups in total. The molecule has 0 atom stereocenters. The quantitative estimate of drug-likeness (QED) is 0.685. The summed E-state index contributed by atoms with van der Waals surface area (Å²) in [5, 5.41) is 12.2. The van der Waals surface area contributed by atoms with Gasteiger partial charge in [0, 0.05) is 0 Å². The minimum absolute atomic E-state index is 0.505. The molecule has 0 aliphatic rings. The van der Waals surface area contributed by atoms with E-state index in [0.717, 1.165) is 5.56 Å². The lowest BCUT2D eigenvalue weighted by Crippen LogP contribution is -2.03. The van der Waals surface area contributed by atoms with Gasteiger partial charge in [0.2, 0.25) is 5.82 Å². The highest BCUT2D eigenvalue weighted by atomic mass is 16.3. The molecule has 0 bridgehead atoms. The van der Waals surface area contributed by atoms with Crippen LogP contribution in [0.4, 0.5) is 0 Å². The Kier molecular flexibility index (Phi) is 2.42. The smallest absolute Gasteiger partial charge is 0.240 e. The molecule has 3 aromatic rings. The average Bonchev–Trinajstić information content (AvgIpc) is 3.00. The highest BCUT2D eigenvalue weighted by Crippen LogP contribution is 2.13. The molecular formula is C12H10N4O. The second-order valence-corrected chi connectivity index (χ2v) is 3.61. The number of hydrogen-bond acceptors (Lipinski definition) is 4. The molecule has 2 heterocycles. The fourth-order valence-corrected chi connectivity index (χ4v) is 1.56. The Morgan fingerprint density at radius 3 is 2.71 bits per heavy atom. The van der Waals surface area contributed by atoms with Gasteiger partial charge in [-0.3, -0.25) is 0 Å². The second-order valence-electron chi connectivity index (χ2n) is 3.61. The molecule has 0 spiro atoms. The van der Waals surface area contributed by atoms with Crippen LogP contribution in [0.2, 0.25) is 0 Å². The van der Waals surface area contributed by atoms with Gasteiger partial charge in [0.25, 0.3) is 0 Å². The monoisotopic (exact) mass is 226 g/mol. The van der Waals surface area contributed by atoms with E-state index in [2.05, 4.69) is 15.4 Å². The first kappa shape index (κ1) is 9.77. The lowest BCUT2D eigenvalue weighted by atomic mass is 10.2. The Morgan fingerprint density at radius 2 is 1.94 bits per heavy atom. The summed E-state index contributed by atoms with van der Waals surface area (Å²) in [4.78, 5) is 1.55. The molecule has 1 aromatic carbocycles. The molecule has 0 saturated heterocycles. The van der Waals surface area contributed by atoms with E-state index < -0.39 is 0 Å². The Bertz CT molecular complexity index is 586. The highest BCUT2D eigenvalue weighted by Gasteiger charge is 2.08. The first-order valence-corrected chi connectivity index (χ1v) is 5.27. The van der Waals surface area contributed by atoms with E-state index in [0.29, 0.717) is 18.1 Å². The van der Waals surface area contributed by atoms with Crippen molar-refractivity contribution in [2.24, 2.45) is 0 Å². The summed E-state index contributed by atoms with van der Waals surface area (Å²) < 4.78 is 5.20. The molecule has 0 radical (unpaired) electrons. The zero-order valence-electron chi connectivity index (χ0n) is 9.02. The van der Waals surface area contributed by atoms with Crippen LogP contribution < -0.4 is 0 Å². The van der Waals surface area contributed by atoms with Crippen LogP contribution in [0.3, 0.4) is 0 Å². The van der Waals surface area contributed by atoms with Gasteiger partial charge in [0.15, 0.2) is 5.76 Å². The summed E-state index contributed by atoms with van der Waals surface area (Å²) in [5.41, 5.74) is 1.14. The molecule has 5 nitrogen and oxygen atoms in total. The maximum absolute atomic E-state index is 5.20. The lowest BCUT2D eigenvalue weighted by molar-refractivity contribution is 0.565. The first-order valence-electron chi connectivity index (χ1n) is 5.27. The summed E-state index contributed by atoms with van der Waals surface area (Å²) in [6.45, 7) is 0.606. The molecule has 0 aliphatic carbocycles. The normalized spacial score (nSPS) is 10.6. The fraction of sp³-hybridized carbons (Fsp3) is 0.0833. The molecule has 0 unspecified atom stereocenters. The third-order valence-corrected chi connectivity index (χ3v) is 2.36. The predicted molar refractivity (Wildman–Crippen MR) is 61.1 cm³/mol. The molecule has 2 aromatic heterocycles. The van der Waals surface area contributed by atoms with E-state index in [1.165, 1.54) is 0 Å². The number of furan rings is 1. The number of hydrogen-bond donors (Lipinski definition) is 0. The third kappa shape index (κ3) is 2.08. The van der Waals surface area contributed by atoms with Crippen molar-refractivity contribution in [3.05, 3.63) is 54.3 Å². The Labute approximate surface area is 97.7 Å². The van der Waals surface area contributed by atoms with Gasteiger partial charge < -0.3 is 4.42 Å². The largest absolute Gasteiger partial charge is 0.461 e. The van der Waals surface area contributed by atoms with Crippen LogP contribution in [0.5, 0.6) is 0 Å². The van der Waals surface area contributed by atoms with Crippen LogP contribution in [0.25, 0.3) is 11.6 Å². The average molecular weight is 226 g/mol. The number of nitrogens with zero attached hydrogens (tertiary/aromatic N) is 4. The van der Waals surface area contributed by atoms with E-state index in [1.807, 2.05) is 36.4 Å². The molecule has 0 saturated carbocycles. The van der Waals surface area contributed by atoms with Crippen LogP contribution in [-0.4, -0.2) is 20.2 Å². The Hall–Kier alpha value is -2.43. The zero-order chi connectivity index (χ0) is 11.5. The molecular weight excluding hydrogens is 216 g/mol. The van der Waals surface area contributed by atoms with E-state index in [1.54, 1.807) is 17.1 Å². The van der Waals surface area contributed by atoms with Crippen LogP contribution in [0.15, 0.2) is 53.1 Å². The van der Waals surface area contributed by atoms with Gasteiger partial charge in [-0.1, -0.05) is 30.3 Å². The first-order chi connectivity index (χ1) is 8.42. The Morgan fingerprint density at radius 1 is 1.06 bits per heavy atom. The lowest BCUT2D eigenvalue weighted by Gasteiger charge is -1.97. The minimum Gasteiger partial charge on any atom is -0.461 e. The number of tetrazole rings is 1. The van der Waals surface area contributed by atoms with Crippen LogP contribution in [0.1, 0.15) is 5.56 Å². The van der Waals surface area contributed by atoms with Gasteiger partial charge >= 0.3 is 0 Å². The van der Waals surface area contributed by atoms with Crippen molar-refractivity contribution in [2.45, 2.75) is 6.54 Å². The van der Waals surface area contributed by atoms with Gasteiger partial charge in [0.05, 0.1) is 12.8 Å². The molecule has 0 aliphatic heterocycles. The van der Waals surface area contributed by atoms with E-state index in [-0.39, 0.29) is 0 Å². The highest BCUT2D eigenvalue weighted by molar-refractivity contribution is 5.43. The van der Waals surface area contributed by atoms with Crippen molar-refractivity contribution in [1.82, 2.24) is 20.2 Å². The SMILES string of the molecule is c1ccc(Cn2nnc(-c3ccco3)n2)cc1. The van der Waals surface area contributed by atoms with Crippen molar-refractivity contribution < 1.29 is 4.42 Å². The van der Waals surface area contributed by atoms with Gasteiger partial charge in [-0.25, -0.2) is 0 Å². The van der Waals surface area contributed by atoms with E-state index in [9.17, 15) is 0 Å². The van der Waals surface area contributed by atoms with E-state index >= 15 is 0 Å². The van der Waals surface area contributed by atoms with Gasteiger partial charge in [-0.2, -0.15) is 4.80 Å². The zero-order valence-corrected chi connectivity index (χ0v) is 9.02. The van der Waals surface area contributed by atoms with Crippen LogP contribution in [0, 0.1) is 0 Å². The summed E-state index contributed by atoms with van der Waals surface area (Å²) in [5.74, 6) is 1.13. The van der Waals surface area contributed by atoms with Crippen LogP contribution in [-0.2, 0) is 6.54 Å². The maximum Gasteiger partial charge on any atom is 0.240 e. The summed E-state index contributed by atoms with van der Waals surface area (Å²) in [7, 11) is 0. The molecule has 17 heavy (non-hydrogen) atoms. The topological polar surface area (TPSA) is 56.7 Å². The molecule has 3 rings (SSSR count). The fourth-order valence-electron chi connectivity index (χ4n) is 1.56. The maximum atomic E-state index is 5.20. The van der Waals surface area contributed by atoms with Gasteiger partial charge in [0.1, 0.15) is 0 Å². The Balaban J connectivity index is 1.82. The van der Waals surface area contributed by atoms with Crippen molar-refractivity contribution in [3.63, 3.8) is 0 Å². The van der Waals surface area contributed by atoms with E-state index in [4.69, 9.17) is 4.42 Å². The third-order valence-electron chi connectivity index (χ3n) is 2.36. The van der Waals surface area contributed by atoms with Crippen molar-refractivity contribution in [1.29, 1.82) is 0 Å². The predicted octanol–water partition coefficient (Wildman–Crippen LogP) is 1.98.